The molecule has 0 saturated carbocycles. The molecular formula is C17H18. The third-order valence-corrected chi connectivity index (χ3v) is 2.87. The highest BCUT2D eigenvalue weighted by Gasteiger charge is 1.98. The standard InChI is InChI=1S/C17H18/c1-14(2)11-12-15-7-6-10-17(13-15)16-8-4-3-5-9-16/h3-10,13H,1,11-12H2,2H3. The van der Waals surface area contributed by atoms with Crippen LogP contribution in [0.4, 0.5) is 0 Å². The fourth-order valence-corrected chi connectivity index (χ4v) is 1.89. The molecule has 0 radical (unpaired) electrons. The van der Waals surface area contributed by atoms with Crippen LogP contribution in [0.2, 0.25) is 0 Å². The first-order chi connectivity index (χ1) is 8.25. The van der Waals surface area contributed by atoms with Crippen LogP contribution in [0.15, 0.2) is 66.7 Å². The maximum atomic E-state index is 3.95. The highest BCUT2D eigenvalue weighted by molar-refractivity contribution is 5.63. The van der Waals surface area contributed by atoms with Gasteiger partial charge in [0.15, 0.2) is 0 Å². The summed E-state index contributed by atoms with van der Waals surface area (Å²) in [7, 11) is 0. The van der Waals surface area contributed by atoms with E-state index in [1.54, 1.807) is 0 Å². The summed E-state index contributed by atoms with van der Waals surface area (Å²) in [6, 6.07) is 19.3. The summed E-state index contributed by atoms with van der Waals surface area (Å²) in [5.74, 6) is 0. The maximum absolute atomic E-state index is 3.95. The molecular weight excluding hydrogens is 204 g/mol. The van der Waals surface area contributed by atoms with E-state index in [4.69, 9.17) is 0 Å². The molecule has 0 amide bonds. The van der Waals surface area contributed by atoms with Crippen molar-refractivity contribution in [3.05, 3.63) is 72.3 Å². The second kappa shape index (κ2) is 5.49. The molecule has 0 aromatic heterocycles. The first-order valence-electron chi connectivity index (χ1n) is 6.04. The molecule has 0 fully saturated rings. The number of benzene rings is 2. The topological polar surface area (TPSA) is 0 Å². The minimum absolute atomic E-state index is 1.07. The third kappa shape index (κ3) is 3.32. The number of rotatable bonds is 4. The monoisotopic (exact) mass is 222 g/mol. The molecule has 2 rings (SSSR count). The lowest BCUT2D eigenvalue weighted by Gasteiger charge is -2.05. The van der Waals surface area contributed by atoms with Gasteiger partial charge in [0.25, 0.3) is 0 Å². The van der Waals surface area contributed by atoms with Gasteiger partial charge in [0.2, 0.25) is 0 Å². The summed E-state index contributed by atoms with van der Waals surface area (Å²) in [5, 5.41) is 0. The Hall–Kier alpha value is -1.82. The van der Waals surface area contributed by atoms with Gasteiger partial charge < -0.3 is 0 Å². The molecule has 2 aromatic carbocycles. The zero-order chi connectivity index (χ0) is 12.1. The Labute approximate surface area is 104 Å². The minimum atomic E-state index is 1.07. The van der Waals surface area contributed by atoms with Crippen molar-refractivity contribution in [1.29, 1.82) is 0 Å². The SMILES string of the molecule is C=C(C)CCc1cccc(-c2ccccc2)c1. The van der Waals surface area contributed by atoms with E-state index in [1.165, 1.54) is 22.3 Å². The summed E-state index contributed by atoms with van der Waals surface area (Å²) in [6.07, 6.45) is 2.15. The molecule has 86 valence electrons. The number of hydrogen-bond acceptors (Lipinski definition) is 0. The lowest BCUT2D eigenvalue weighted by atomic mass is 10.00. The van der Waals surface area contributed by atoms with Gasteiger partial charge in [-0.1, -0.05) is 60.2 Å². The van der Waals surface area contributed by atoms with Gasteiger partial charge in [-0.05, 0) is 36.5 Å². The first kappa shape index (κ1) is 11.7. The van der Waals surface area contributed by atoms with Crippen molar-refractivity contribution >= 4 is 0 Å². The van der Waals surface area contributed by atoms with Crippen LogP contribution in [0.3, 0.4) is 0 Å². The van der Waals surface area contributed by atoms with Crippen molar-refractivity contribution < 1.29 is 0 Å². The molecule has 0 heteroatoms. The van der Waals surface area contributed by atoms with Crippen molar-refractivity contribution in [2.24, 2.45) is 0 Å². The van der Waals surface area contributed by atoms with Crippen LogP contribution < -0.4 is 0 Å². The lowest BCUT2D eigenvalue weighted by Crippen LogP contribution is -1.87. The van der Waals surface area contributed by atoms with Gasteiger partial charge in [0.05, 0.1) is 0 Å². The van der Waals surface area contributed by atoms with Gasteiger partial charge in [-0.2, -0.15) is 0 Å². The van der Waals surface area contributed by atoms with Crippen LogP contribution in [0.1, 0.15) is 18.9 Å². The number of allylic oxidation sites excluding steroid dienone is 1. The van der Waals surface area contributed by atoms with E-state index in [0.29, 0.717) is 0 Å². The van der Waals surface area contributed by atoms with Crippen molar-refractivity contribution in [3.8, 4) is 11.1 Å². The van der Waals surface area contributed by atoms with Crippen molar-refractivity contribution in [3.63, 3.8) is 0 Å². The smallest absolute Gasteiger partial charge is 0.0181 e. The van der Waals surface area contributed by atoms with Crippen LogP contribution in [-0.2, 0) is 6.42 Å². The molecule has 0 unspecified atom stereocenters. The van der Waals surface area contributed by atoms with E-state index < -0.39 is 0 Å². The highest BCUT2D eigenvalue weighted by atomic mass is 14.0. The van der Waals surface area contributed by atoms with Crippen molar-refractivity contribution in [1.82, 2.24) is 0 Å². The quantitative estimate of drug-likeness (QED) is 0.648. The van der Waals surface area contributed by atoms with Crippen LogP contribution >= 0.6 is 0 Å². The summed E-state index contributed by atoms with van der Waals surface area (Å²) in [4.78, 5) is 0. The Kier molecular flexibility index (Phi) is 3.77. The van der Waals surface area contributed by atoms with Crippen LogP contribution in [0.5, 0.6) is 0 Å². The van der Waals surface area contributed by atoms with E-state index in [9.17, 15) is 0 Å². The molecule has 2 aromatic rings. The van der Waals surface area contributed by atoms with Crippen LogP contribution in [-0.4, -0.2) is 0 Å². The highest BCUT2D eigenvalue weighted by Crippen LogP contribution is 2.20. The molecule has 0 aliphatic rings. The molecule has 0 spiro atoms. The molecule has 0 aliphatic carbocycles. The van der Waals surface area contributed by atoms with Gasteiger partial charge in [0.1, 0.15) is 0 Å². The van der Waals surface area contributed by atoms with Gasteiger partial charge in [0, 0.05) is 0 Å². The summed E-state index contributed by atoms with van der Waals surface area (Å²) < 4.78 is 0. The maximum Gasteiger partial charge on any atom is -0.0181 e. The van der Waals surface area contributed by atoms with Crippen LogP contribution in [0.25, 0.3) is 11.1 Å². The average molecular weight is 222 g/mol. The Morgan fingerprint density at radius 1 is 0.941 bits per heavy atom. The van der Waals surface area contributed by atoms with Gasteiger partial charge in [-0.25, -0.2) is 0 Å². The van der Waals surface area contributed by atoms with E-state index in [2.05, 4.69) is 68.1 Å². The Bertz CT molecular complexity index is 494. The molecule has 0 aliphatic heterocycles. The predicted octanol–water partition coefficient (Wildman–Crippen LogP) is 4.86. The summed E-state index contributed by atoms with van der Waals surface area (Å²) >= 11 is 0. The fraction of sp³-hybridized carbons (Fsp3) is 0.176. The second-order valence-electron chi connectivity index (χ2n) is 4.52. The average Bonchev–Trinajstić information content (AvgIpc) is 2.38. The predicted molar refractivity (Wildman–Crippen MR) is 75.0 cm³/mol. The number of aryl methyl sites for hydroxylation is 1. The van der Waals surface area contributed by atoms with E-state index in [-0.39, 0.29) is 0 Å². The normalized spacial score (nSPS) is 10.2. The Morgan fingerprint density at radius 3 is 2.35 bits per heavy atom. The van der Waals surface area contributed by atoms with Crippen molar-refractivity contribution in [2.75, 3.05) is 0 Å². The van der Waals surface area contributed by atoms with Gasteiger partial charge >= 0.3 is 0 Å². The van der Waals surface area contributed by atoms with E-state index in [0.717, 1.165) is 12.8 Å². The van der Waals surface area contributed by atoms with E-state index >= 15 is 0 Å². The van der Waals surface area contributed by atoms with Crippen molar-refractivity contribution in [2.45, 2.75) is 19.8 Å². The fourth-order valence-electron chi connectivity index (χ4n) is 1.89. The van der Waals surface area contributed by atoms with Crippen LogP contribution in [0, 0.1) is 0 Å². The Morgan fingerprint density at radius 2 is 1.65 bits per heavy atom. The lowest BCUT2D eigenvalue weighted by molar-refractivity contribution is 0.946. The molecule has 0 N–H and O–H groups in total. The zero-order valence-corrected chi connectivity index (χ0v) is 10.3. The molecule has 0 bridgehead atoms. The molecule has 0 nitrogen and oxygen atoms in total. The largest absolute Gasteiger partial charge is 0.100 e. The second-order valence-corrected chi connectivity index (χ2v) is 4.52. The molecule has 0 atom stereocenters. The van der Waals surface area contributed by atoms with Gasteiger partial charge in [-0.15, -0.1) is 6.58 Å². The first-order valence-corrected chi connectivity index (χ1v) is 6.04. The molecule has 17 heavy (non-hydrogen) atoms. The molecule has 0 saturated heterocycles. The third-order valence-electron chi connectivity index (χ3n) is 2.87. The summed E-state index contributed by atoms with van der Waals surface area (Å²) in [5.41, 5.74) is 5.21. The van der Waals surface area contributed by atoms with E-state index in [1.807, 2.05) is 0 Å². The summed E-state index contributed by atoms with van der Waals surface area (Å²) in [6.45, 7) is 6.04. The number of hydrogen-bond donors (Lipinski definition) is 0. The molecule has 0 heterocycles. The Balaban J connectivity index is 2.20. The zero-order valence-electron chi connectivity index (χ0n) is 10.3. The minimum Gasteiger partial charge on any atom is -0.100 e. The van der Waals surface area contributed by atoms with Gasteiger partial charge in [-0.3, -0.25) is 0 Å².